The first-order valence-corrected chi connectivity index (χ1v) is 4.83. The van der Waals surface area contributed by atoms with E-state index in [0.717, 1.165) is 25.7 Å². The summed E-state index contributed by atoms with van der Waals surface area (Å²) in [7, 11) is 0. The molecule has 0 unspecified atom stereocenters. The molecule has 0 heterocycles. The Morgan fingerprint density at radius 1 is 1.18 bits per heavy atom. The van der Waals surface area contributed by atoms with Crippen LogP contribution >= 0.6 is 0 Å². The molecular formula is C10H18O. The molecule has 1 aliphatic rings. The van der Waals surface area contributed by atoms with Gasteiger partial charge < -0.3 is 0 Å². The first-order valence-electron chi connectivity index (χ1n) is 4.83. The van der Waals surface area contributed by atoms with Crippen molar-refractivity contribution >= 4 is 5.78 Å². The lowest BCUT2D eigenvalue weighted by Crippen LogP contribution is -2.27. The molecule has 1 rings (SSSR count). The summed E-state index contributed by atoms with van der Waals surface area (Å²) in [5.41, 5.74) is 0. The predicted molar refractivity (Wildman–Crippen MR) is 46.4 cm³/mol. The van der Waals surface area contributed by atoms with Crippen LogP contribution in [-0.4, -0.2) is 5.78 Å². The Morgan fingerprint density at radius 3 is 2.00 bits per heavy atom. The largest absolute Gasteiger partial charge is 0.299 e. The van der Waals surface area contributed by atoms with Gasteiger partial charge in [-0.15, -0.1) is 0 Å². The normalized spacial score (nSPS) is 32.4. The van der Waals surface area contributed by atoms with E-state index in [-0.39, 0.29) is 0 Å². The molecule has 1 aliphatic carbocycles. The minimum Gasteiger partial charge on any atom is -0.299 e. The summed E-state index contributed by atoms with van der Waals surface area (Å²) in [4.78, 5) is 11.6. The SMILES string of the molecule is CC[C@@H]1CCC[C@H](CC)C1=O. The molecule has 0 radical (unpaired) electrons. The highest BCUT2D eigenvalue weighted by Crippen LogP contribution is 2.29. The summed E-state index contributed by atoms with van der Waals surface area (Å²) in [5.74, 6) is 1.34. The van der Waals surface area contributed by atoms with Crippen LogP contribution in [0.3, 0.4) is 0 Å². The molecule has 1 nitrogen and oxygen atoms in total. The number of Topliss-reactive ketones (excluding diaryl/α,β-unsaturated/α-hetero) is 1. The molecule has 1 saturated carbocycles. The molecule has 0 spiro atoms. The molecule has 11 heavy (non-hydrogen) atoms. The summed E-state index contributed by atoms with van der Waals surface area (Å²) in [6.07, 6.45) is 5.66. The Kier molecular flexibility index (Phi) is 3.10. The van der Waals surface area contributed by atoms with Crippen LogP contribution in [0.4, 0.5) is 0 Å². The second kappa shape index (κ2) is 3.89. The van der Waals surface area contributed by atoms with Gasteiger partial charge in [-0.05, 0) is 25.7 Å². The first kappa shape index (κ1) is 8.76. The van der Waals surface area contributed by atoms with Crippen LogP contribution in [0.1, 0.15) is 46.0 Å². The number of hydrogen-bond acceptors (Lipinski definition) is 1. The fourth-order valence-electron chi connectivity index (χ4n) is 2.04. The van der Waals surface area contributed by atoms with Gasteiger partial charge in [0, 0.05) is 11.8 Å². The van der Waals surface area contributed by atoms with E-state index in [1.807, 2.05) is 0 Å². The lowest BCUT2D eigenvalue weighted by atomic mass is 9.78. The highest BCUT2D eigenvalue weighted by Gasteiger charge is 2.28. The number of carbonyl (C=O) groups is 1. The average Bonchev–Trinajstić information content (AvgIpc) is 2.05. The molecule has 0 aromatic carbocycles. The van der Waals surface area contributed by atoms with Crippen molar-refractivity contribution in [2.75, 3.05) is 0 Å². The molecule has 0 aliphatic heterocycles. The Bertz CT molecular complexity index is 126. The predicted octanol–water partition coefficient (Wildman–Crippen LogP) is 2.79. The molecule has 1 heteroatoms. The minimum atomic E-state index is 0.397. The average molecular weight is 154 g/mol. The van der Waals surface area contributed by atoms with Crippen LogP contribution in [-0.2, 0) is 4.79 Å². The van der Waals surface area contributed by atoms with E-state index in [1.54, 1.807) is 0 Å². The van der Waals surface area contributed by atoms with Gasteiger partial charge in [-0.2, -0.15) is 0 Å². The molecule has 0 bridgehead atoms. The Hall–Kier alpha value is -0.330. The zero-order valence-electron chi connectivity index (χ0n) is 7.60. The summed E-state index contributed by atoms with van der Waals surface area (Å²) in [6.45, 7) is 4.25. The van der Waals surface area contributed by atoms with Crippen molar-refractivity contribution in [3.8, 4) is 0 Å². The van der Waals surface area contributed by atoms with Crippen LogP contribution in [0, 0.1) is 11.8 Å². The number of carbonyl (C=O) groups excluding carboxylic acids is 1. The molecule has 1 fully saturated rings. The third kappa shape index (κ3) is 1.82. The van der Waals surface area contributed by atoms with Gasteiger partial charge >= 0.3 is 0 Å². The fraction of sp³-hybridized carbons (Fsp3) is 0.900. The topological polar surface area (TPSA) is 17.1 Å². The number of rotatable bonds is 2. The van der Waals surface area contributed by atoms with E-state index in [0.29, 0.717) is 17.6 Å². The van der Waals surface area contributed by atoms with Crippen LogP contribution in [0.25, 0.3) is 0 Å². The Balaban J connectivity index is 2.52. The summed E-state index contributed by atoms with van der Waals surface area (Å²) in [5, 5.41) is 0. The number of ketones is 1. The lowest BCUT2D eigenvalue weighted by Gasteiger charge is -2.25. The minimum absolute atomic E-state index is 0.397. The van der Waals surface area contributed by atoms with Gasteiger partial charge in [0.15, 0.2) is 0 Å². The second-order valence-corrected chi connectivity index (χ2v) is 3.54. The van der Waals surface area contributed by atoms with Crippen molar-refractivity contribution in [3.63, 3.8) is 0 Å². The maximum absolute atomic E-state index is 11.6. The standard InChI is InChI=1S/C10H18O/c1-3-8-6-5-7-9(4-2)10(8)11/h8-9H,3-7H2,1-2H3/t8-,9+. The molecule has 0 aromatic rings. The number of hydrogen-bond donors (Lipinski definition) is 0. The highest BCUT2D eigenvalue weighted by atomic mass is 16.1. The Morgan fingerprint density at radius 2 is 1.64 bits per heavy atom. The van der Waals surface area contributed by atoms with Crippen molar-refractivity contribution in [1.82, 2.24) is 0 Å². The van der Waals surface area contributed by atoms with E-state index in [1.165, 1.54) is 6.42 Å². The Labute approximate surface area is 69.2 Å². The smallest absolute Gasteiger partial charge is 0.139 e. The lowest BCUT2D eigenvalue weighted by molar-refractivity contribution is -0.129. The van der Waals surface area contributed by atoms with Crippen LogP contribution in [0.5, 0.6) is 0 Å². The van der Waals surface area contributed by atoms with E-state index in [2.05, 4.69) is 13.8 Å². The first-order chi connectivity index (χ1) is 5.29. The maximum Gasteiger partial charge on any atom is 0.139 e. The van der Waals surface area contributed by atoms with Crippen molar-refractivity contribution < 1.29 is 4.79 Å². The van der Waals surface area contributed by atoms with Crippen LogP contribution < -0.4 is 0 Å². The van der Waals surface area contributed by atoms with Gasteiger partial charge in [-0.25, -0.2) is 0 Å². The highest BCUT2D eigenvalue weighted by molar-refractivity contribution is 5.83. The van der Waals surface area contributed by atoms with Gasteiger partial charge in [0.1, 0.15) is 5.78 Å². The molecule has 2 atom stereocenters. The monoisotopic (exact) mass is 154 g/mol. The zero-order chi connectivity index (χ0) is 8.27. The van der Waals surface area contributed by atoms with E-state index >= 15 is 0 Å². The third-order valence-electron chi connectivity index (χ3n) is 2.90. The molecule has 0 saturated heterocycles. The van der Waals surface area contributed by atoms with Gasteiger partial charge in [0.2, 0.25) is 0 Å². The fourth-order valence-corrected chi connectivity index (χ4v) is 2.04. The molecule has 64 valence electrons. The molecule has 0 aromatic heterocycles. The van der Waals surface area contributed by atoms with Gasteiger partial charge in [-0.1, -0.05) is 20.3 Å². The van der Waals surface area contributed by atoms with Crippen molar-refractivity contribution in [2.24, 2.45) is 11.8 Å². The molecule has 0 N–H and O–H groups in total. The van der Waals surface area contributed by atoms with E-state index in [9.17, 15) is 4.79 Å². The second-order valence-electron chi connectivity index (χ2n) is 3.54. The van der Waals surface area contributed by atoms with E-state index in [4.69, 9.17) is 0 Å². The van der Waals surface area contributed by atoms with Crippen LogP contribution in [0.2, 0.25) is 0 Å². The van der Waals surface area contributed by atoms with E-state index < -0.39 is 0 Å². The van der Waals surface area contributed by atoms with Crippen LogP contribution in [0.15, 0.2) is 0 Å². The quantitative estimate of drug-likeness (QED) is 0.597. The van der Waals surface area contributed by atoms with Crippen molar-refractivity contribution in [1.29, 1.82) is 0 Å². The third-order valence-corrected chi connectivity index (χ3v) is 2.90. The molecular weight excluding hydrogens is 136 g/mol. The van der Waals surface area contributed by atoms with Crippen molar-refractivity contribution in [2.45, 2.75) is 46.0 Å². The zero-order valence-corrected chi connectivity index (χ0v) is 7.60. The molecule has 0 amide bonds. The van der Waals surface area contributed by atoms with Crippen molar-refractivity contribution in [3.05, 3.63) is 0 Å². The summed E-state index contributed by atoms with van der Waals surface area (Å²) in [6, 6.07) is 0. The summed E-state index contributed by atoms with van der Waals surface area (Å²) < 4.78 is 0. The van der Waals surface area contributed by atoms with Gasteiger partial charge in [0.25, 0.3) is 0 Å². The van der Waals surface area contributed by atoms with Gasteiger partial charge in [0.05, 0.1) is 0 Å². The summed E-state index contributed by atoms with van der Waals surface area (Å²) >= 11 is 0. The van der Waals surface area contributed by atoms with Gasteiger partial charge in [-0.3, -0.25) is 4.79 Å². The maximum atomic E-state index is 11.6.